The molecule has 82 valence electrons. The Morgan fingerprint density at radius 3 is 3.00 bits per heavy atom. The van der Waals surface area contributed by atoms with Crippen molar-refractivity contribution in [2.45, 2.75) is 13.0 Å². The Hall–Kier alpha value is -0.590. The van der Waals surface area contributed by atoms with Gasteiger partial charge in [0.15, 0.2) is 0 Å². The summed E-state index contributed by atoms with van der Waals surface area (Å²) in [7, 11) is 0. The first-order chi connectivity index (χ1) is 7.18. The minimum absolute atomic E-state index is 0.223. The third kappa shape index (κ3) is 2.32. The van der Waals surface area contributed by atoms with E-state index in [-0.39, 0.29) is 6.04 Å². The van der Waals surface area contributed by atoms with Crippen molar-refractivity contribution < 1.29 is 9.90 Å². The first-order valence-electron chi connectivity index (χ1n) is 4.70. The molecule has 15 heavy (non-hydrogen) atoms. The Morgan fingerprint density at radius 2 is 2.47 bits per heavy atom. The minimum atomic E-state index is -0.875. The van der Waals surface area contributed by atoms with E-state index < -0.39 is 5.97 Å². The summed E-state index contributed by atoms with van der Waals surface area (Å²) >= 11 is 3.17. The first-order valence-corrected chi connectivity index (χ1v) is 6.67. The van der Waals surface area contributed by atoms with Crippen LogP contribution >= 0.6 is 23.1 Å². The molecular weight excluding hydrogens is 232 g/mol. The Balaban J connectivity index is 2.21. The van der Waals surface area contributed by atoms with Gasteiger partial charge < -0.3 is 10.4 Å². The quantitative estimate of drug-likeness (QED) is 0.826. The number of thioether (sulfide) groups is 1. The summed E-state index contributed by atoms with van der Waals surface area (Å²) in [4.78, 5) is 15.5. The summed E-state index contributed by atoms with van der Waals surface area (Å²) in [6.07, 6.45) is 0. The van der Waals surface area contributed by atoms with Crippen molar-refractivity contribution in [2.24, 2.45) is 0 Å². The fraction of sp³-hybridized carbons (Fsp3) is 0.556. The van der Waals surface area contributed by atoms with Crippen molar-refractivity contribution in [3.63, 3.8) is 0 Å². The molecule has 1 aromatic heterocycles. The van der Waals surface area contributed by atoms with Crippen molar-refractivity contribution in [1.82, 2.24) is 10.3 Å². The minimum Gasteiger partial charge on any atom is -0.477 e. The number of rotatable bonds is 2. The van der Waals surface area contributed by atoms with E-state index in [4.69, 9.17) is 5.11 Å². The Kier molecular flexibility index (Phi) is 3.28. The summed E-state index contributed by atoms with van der Waals surface area (Å²) in [5, 5.41) is 13.2. The van der Waals surface area contributed by atoms with Crippen LogP contribution in [0.5, 0.6) is 0 Å². The van der Waals surface area contributed by atoms with Crippen LogP contribution in [0.25, 0.3) is 0 Å². The molecule has 0 aromatic carbocycles. The summed E-state index contributed by atoms with van der Waals surface area (Å²) in [5.41, 5.74) is 0.625. The molecule has 1 unspecified atom stereocenters. The van der Waals surface area contributed by atoms with Gasteiger partial charge in [-0.1, -0.05) is 0 Å². The van der Waals surface area contributed by atoms with Gasteiger partial charge in [-0.2, -0.15) is 11.8 Å². The second kappa shape index (κ2) is 4.51. The van der Waals surface area contributed by atoms with Crippen LogP contribution in [0.3, 0.4) is 0 Å². The van der Waals surface area contributed by atoms with Gasteiger partial charge >= 0.3 is 5.97 Å². The van der Waals surface area contributed by atoms with E-state index in [1.807, 2.05) is 11.8 Å². The fourth-order valence-corrected chi connectivity index (χ4v) is 3.52. The number of hydrogen-bond donors (Lipinski definition) is 2. The maximum Gasteiger partial charge on any atom is 0.347 e. The lowest BCUT2D eigenvalue weighted by atomic mass is 10.3. The predicted molar refractivity (Wildman–Crippen MR) is 61.9 cm³/mol. The topological polar surface area (TPSA) is 62.2 Å². The number of hydrogen-bond acceptors (Lipinski definition) is 5. The van der Waals surface area contributed by atoms with Gasteiger partial charge in [-0.05, 0) is 6.92 Å². The van der Waals surface area contributed by atoms with Crippen molar-refractivity contribution in [3.05, 3.63) is 15.6 Å². The second-order valence-electron chi connectivity index (χ2n) is 3.35. The van der Waals surface area contributed by atoms with Crippen molar-refractivity contribution in [1.29, 1.82) is 0 Å². The summed E-state index contributed by atoms with van der Waals surface area (Å²) in [5.74, 6) is 1.22. The maximum atomic E-state index is 10.9. The highest BCUT2D eigenvalue weighted by Gasteiger charge is 2.22. The van der Waals surface area contributed by atoms with Gasteiger partial charge in [0.25, 0.3) is 0 Å². The molecule has 1 aliphatic heterocycles. The summed E-state index contributed by atoms with van der Waals surface area (Å²) < 4.78 is 0. The molecule has 2 rings (SSSR count). The average molecular weight is 244 g/mol. The van der Waals surface area contributed by atoms with E-state index >= 15 is 0 Å². The largest absolute Gasteiger partial charge is 0.477 e. The highest BCUT2D eigenvalue weighted by Crippen LogP contribution is 2.27. The number of carbonyl (C=O) groups is 1. The van der Waals surface area contributed by atoms with Crippen LogP contribution < -0.4 is 5.32 Å². The van der Waals surface area contributed by atoms with E-state index in [1.54, 1.807) is 6.92 Å². The molecule has 0 aliphatic carbocycles. The number of carboxylic acid groups (broad SMARTS) is 1. The highest BCUT2D eigenvalue weighted by atomic mass is 32.2. The average Bonchev–Trinajstić information content (AvgIpc) is 2.62. The molecular formula is C9H12N2O2S2. The molecule has 4 nitrogen and oxygen atoms in total. The number of aromatic nitrogens is 1. The van der Waals surface area contributed by atoms with E-state index in [0.29, 0.717) is 10.6 Å². The van der Waals surface area contributed by atoms with Crippen LogP contribution in [0.4, 0.5) is 0 Å². The Morgan fingerprint density at radius 1 is 1.67 bits per heavy atom. The summed E-state index contributed by atoms with van der Waals surface area (Å²) in [6, 6.07) is 0.223. The lowest BCUT2D eigenvalue weighted by Crippen LogP contribution is -2.30. The lowest BCUT2D eigenvalue weighted by molar-refractivity contribution is 0.0701. The van der Waals surface area contributed by atoms with Crippen molar-refractivity contribution in [2.75, 3.05) is 18.1 Å². The normalized spacial score (nSPS) is 21.5. The van der Waals surface area contributed by atoms with Gasteiger partial charge in [-0.15, -0.1) is 11.3 Å². The highest BCUT2D eigenvalue weighted by molar-refractivity contribution is 7.99. The number of thiazole rings is 1. The van der Waals surface area contributed by atoms with Crippen LogP contribution in [-0.2, 0) is 0 Å². The van der Waals surface area contributed by atoms with Gasteiger partial charge in [-0.3, -0.25) is 0 Å². The molecule has 1 aromatic rings. The smallest absolute Gasteiger partial charge is 0.347 e. The molecule has 1 aliphatic rings. The molecule has 0 spiro atoms. The van der Waals surface area contributed by atoms with Gasteiger partial charge in [0, 0.05) is 18.1 Å². The van der Waals surface area contributed by atoms with Crippen molar-refractivity contribution >= 4 is 29.1 Å². The van der Waals surface area contributed by atoms with Gasteiger partial charge in [0.1, 0.15) is 9.88 Å². The van der Waals surface area contributed by atoms with Gasteiger partial charge in [0.05, 0.1) is 11.7 Å². The molecule has 0 saturated carbocycles. The van der Waals surface area contributed by atoms with Crippen molar-refractivity contribution in [3.8, 4) is 0 Å². The monoisotopic (exact) mass is 244 g/mol. The molecule has 0 radical (unpaired) electrons. The lowest BCUT2D eigenvalue weighted by Gasteiger charge is -2.20. The first kappa shape index (κ1) is 10.9. The zero-order chi connectivity index (χ0) is 10.8. The van der Waals surface area contributed by atoms with Crippen LogP contribution in [0.2, 0.25) is 0 Å². The van der Waals surface area contributed by atoms with Gasteiger partial charge in [-0.25, -0.2) is 9.78 Å². The van der Waals surface area contributed by atoms with E-state index in [2.05, 4.69) is 10.3 Å². The standard InChI is InChI=1S/C9H12N2O2S2/c1-5-7(9(12)13)15-8(11-5)6-4-14-3-2-10-6/h6,10H,2-4H2,1H3,(H,12,13). The molecule has 2 heterocycles. The Labute approximate surface area is 96.1 Å². The van der Waals surface area contributed by atoms with Gasteiger partial charge in [0.2, 0.25) is 0 Å². The van der Waals surface area contributed by atoms with E-state index in [1.165, 1.54) is 11.3 Å². The summed E-state index contributed by atoms with van der Waals surface area (Å²) in [6.45, 7) is 2.72. The maximum absolute atomic E-state index is 10.9. The molecule has 1 fully saturated rings. The number of nitrogens with one attached hydrogen (secondary N) is 1. The molecule has 0 amide bonds. The number of aryl methyl sites for hydroxylation is 1. The van der Waals surface area contributed by atoms with Crippen LogP contribution in [0.1, 0.15) is 26.4 Å². The van der Waals surface area contributed by atoms with E-state index in [9.17, 15) is 4.79 Å². The van der Waals surface area contributed by atoms with Crippen LogP contribution in [0.15, 0.2) is 0 Å². The second-order valence-corrected chi connectivity index (χ2v) is 5.53. The Bertz CT molecular complexity index is 372. The molecule has 1 saturated heterocycles. The molecule has 0 bridgehead atoms. The zero-order valence-electron chi connectivity index (χ0n) is 8.32. The van der Waals surface area contributed by atoms with E-state index in [0.717, 1.165) is 23.1 Å². The fourth-order valence-electron chi connectivity index (χ4n) is 1.49. The van der Waals surface area contributed by atoms with Crippen LogP contribution in [0, 0.1) is 6.92 Å². The number of aromatic carboxylic acids is 1. The zero-order valence-corrected chi connectivity index (χ0v) is 9.95. The number of carboxylic acids is 1. The molecule has 2 N–H and O–H groups in total. The number of nitrogens with zero attached hydrogens (tertiary/aromatic N) is 1. The predicted octanol–water partition coefficient (Wildman–Crippen LogP) is 1.53. The molecule has 1 atom stereocenters. The molecule has 6 heteroatoms. The third-order valence-electron chi connectivity index (χ3n) is 2.23. The van der Waals surface area contributed by atoms with Crippen LogP contribution in [-0.4, -0.2) is 34.1 Å². The SMILES string of the molecule is Cc1nc(C2CSCCN2)sc1C(=O)O. The third-order valence-corrected chi connectivity index (χ3v) is 4.55.